The average molecular weight is 263 g/mol. The number of aromatic hydroxyl groups is 1. The van der Waals surface area contributed by atoms with Gasteiger partial charge in [0.1, 0.15) is 11.4 Å². The third-order valence-electron chi connectivity index (χ3n) is 2.09. The van der Waals surface area contributed by atoms with Crippen LogP contribution in [0.2, 0.25) is 0 Å². The van der Waals surface area contributed by atoms with Crippen molar-refractivity contribution < 1.29 is 19.4 Å². The lowest BCUT2D eigenvalue weighted by Gasteiger charge is -2.20. The van der Waals surface area contributed by atoms with E-state index >= 15 is 0 Å². The Hall–Kier alpha value is -2.30. The number of allylic oxidation sites excluding steroid dienone is 1. The maximum Gasteiger partial charge on any atom is 0.412 e. The van der Waals surface area contributed by atoms with Gasteiger partial charge in [-0.3, -0.25) is 10.1 Å². The molecule has 0 aliphatic heterocycles. The number of carbonyl (C=O) groups is 2. The van der Waals surface area contributed by atoms with Crippen LogP contribution in [0.4, 0.5) is 10.5 Å². The van der Waals surface area contributed by atoms with Crippen LogP contribution in [0.3, 0.4) is 0 Å². The highest BCUT2D eigenvalue weighted by Gasteiger charge is 2.18. The number of phenolic OH excluding ortho intramolecular Hbond substituents is 1. The summed E-state index contributed by atoms with van der Waals surface area (Å²) in [6, 6.07) is 4.05. The Labute approximate surface area is 111 Å². The average Bonchev–Trinajstić information content (AvgIpc) is 2.28. The summed E-state index contributed by atoms with van der Waals surface area (Å²) in [5.74, 6) is -0.470. The first-order valence-corrected chi connectivity index (χ1v) is 5.73. The monoisotopic (exact) mass is 263 g/mol. The van der Waals surface area contributed by atoms with Crippen molar-refractivity contribution in [2.75, 3.05) is 5.32 Å². The maximum absolute atomic E-state index is 11.6. The number of amides is 1. The molecule has 19 heavy (non-hydrogen) atoms. The van der Waals surface area contributed by atoms with Crippen LogP contribution in [-0.2, 0) is 4.74 Å². The van der Waals surface area contributed by atoms with Gasteiger partial charge >= 0.3 is 6.09 Å². The SMILES string of the molecule is C=CC(=O)c1cc(O)ccc1NC(=O)OC(C)(C)C. The Morgan fingerprint density at radius 3 is 2.53 bits per heavy atom. The number of ether oxygens (including phenoxy) is 1. The lowest BCUT2D eigenvalue weighted by molar-refractivity contribution is 0.0636. The summed E-state index contributed by atoms with van der Waals surface area (Å²) in [7, 11) is 0. The molecule has 0 spiro atoms. The molecule has 1 amide bonds. The molecule has 0 radical (unpaired) electrons. The molecule has 0 bridgehead atoms. The van der Waals surface area contributed by atoms with Crippen LogP contribution in [0.5, 0.6) is 5.75 Å². The van der Waals surface area contributed by atoms with Crippen LogP contribution in [0, 0.1) is 0 Å². The first-order valence-electron chi connectivity index (χ1n) is 5.73. The predicted octanol–water partition coefficient (Wildman–Crippen LogP) is 3.11. The summed E-state index contributed by atoms with van der Waals surface area (Å²) in [6.45, 7) is 8.58. The third-order valence-corrected chi connectivity index (χ3v) is 2.09. The van der Waals surface area contributed by atoms with Crippen molar-refractivity contribution in [1.82, 2.24) is 0 Å². The molecule has 0 heterocycles. The fourth-order valence-electron chi connectivity index (χ4n) is 1.37. The van der Waals surface area contributed by atoms with Crippen molar-refractivity contribution in [2.24, 2.45) is 0 Å². The van der Waals surface area contributed by atoms with Gasteiger partial charge in [0, 0.05) is 5.56 Å². The second kappa shape index (κ2) is 5.56. The quantitative estimate of drug-likeness (QED) is 0.499. The van der Waals surface area contributed by atoms with E-state index < -0.39 is 17.5 Å². The molecule has 0 atom stereocenters. The molecule has 2 N–H and O–H groups in total. The van der Waals surface area contributed by atoms with E-state index in [1.807, 2.05) is 0 Å². The van der Waals surface area contributed by atoms with E-state index in [1.54, 1.807) is 20.8 Å². The van der Waals surface area contributed by atoms with E-state index in [1.165, 1.54) is 18.2 Å². The fraction of sp³-hybridized carbons (Fsp3) is 0.286. The Kier molecular flexibility index (Phi) is 4.32. The number of carbonyl (C=O) groups excluding carboxylic acids is 2. The first-order chi connectivity index (χ1) is 8.73. The van der Waals surface area contributed by atoms with Gasteiger partial charge in [0.2, 0.25) is 0 Å². The van der Waals surface area contributed by atoms with E-state index in [4.69, 9.17) is 4.74 Å². The van der Waals surface area contributed by atoms with Crippen LogP contribution in [0.1, 0.15) is 31.1 Å². The molecule has 5 nitrogen and oxygen atoms in total. The minimum atomic E-state index is -0.670. The second-order valence-corrected chi connectivity index (χ2v) is 4.93. The van der Waals surface area contributed by atoms with E-state index in [0.717, 1.165) is 6.08 Å². The second-order valence-electron chi connectivity index (χ2n) is 4.93. The molecule has 5 heteroatoms. The van der Waals surface area contributed by atoms with Gasteiger partial charge in [-0.05, 0) is 45.0 Å². The summed E-state index contributed by atoms with van der Waals surface area (Å²) in [5, 5.41) is 11.8. The zero-order valence-electron chi connectivity index (χ0n) is 11.2. The minimum Gasteiger partial charge on any atom is -0.508 e. The van der Waals surface area contributed by atoms with Crippen LogP contribution >= 0.6 is 0 Å². The maximum atomic E-state index is 11.6. The summed E-state index contributed by atoms with van der Waals surface area (Å²) in [4.78, 5) is 23.3. The molecule has 0 unspecified atom stereocenters. The molecule has 0 saturated heterocycles. The Balaban J connectivity index is 2.98. The summed E-state index contributed by atoms with van der Waals surface area (Å²) in [5.41, 5.74) is -0.221. The van der Waals surface area contributed by atoms with Crippen molar-refractivity contribution in [3.8, 4) is 5.75 Å². The number of benzene rings is 1. The number of nitrogens with one attached hydrogen (secondary N) is 1. The van der Waals surface area contributed by atoms with Crippen molar-refractivity contribution in [3.63, 3.8) is 0 Å². The number of hydrogen-bond donors (Lipinski definition) is 2. The topological polar surface area (TPSA) is 75.6 Å². The standard InChI is InChI=1S/C14H17NO4/c1-5-12(17)10-8-9(16)6-7-11(10)15-13(18)19-14(2,3)4/h5-8,16H,1H2,2-4H3,(H,15,18). The van der Waals surface area contributed by atoms with Gasteiger partial charge in [0.25, 0.3) is 0 Å². The van der Waals surface area contributed by atoms with Gasteiger partial charge in [0.15, 0.2) is 5.78 Å². The van der Waals surface area contributed by atoms with E-state index in [9.17, 15) is 14.7 Å². The molecule has 102 valence electrons. The lowest BCUT2D eigenvalue weighted by Crippen LogP contribution is -2.27. The first kappa shape index (κ1) is 14.8. The molecule has 0 aliphatic rings. The summed E-state index contributed by atoms with van der Waals surface area (Å²) in [6.07, 6.45) is 0.436. The third kappa shape index (κ3) is 4.46. The summed E-state index contributed by atoms with van der Waals surface area (Å²) >= 11 is 0. The van der Waals surface area contributed by atoms with Gasteiger partial charge in [-0.15, -0.1) is 0 Å². The van der Waals surface area contributed by atoms with Crippen molar-refractivity contribution in [2.45, 2.75) is 26.4 Å². The highest BCUT2D eigenvalue weighted by Crippen LogP contribution is 2.23. The number of anilines is 1. The Bertz CT molecular complexity index is 515. The van der Waals surface area contributed by atoms with Crippen LogP contribution in [-0.4, -0.2) is 22.6 Å². The van der Waals surface area contributed by atoms with Crippen LogP contribution < -0.4 is 5.32 Å². The van der Waals surface area contributed by atoms with Crippen molar-refractivity contribution in [3.05, 3.63) is 36.4 Å². The van der Waals surface area contributed by atoms with E-state index in [-0.39, 0.29) is 17.0 Å². The molecule has 0 aliphatic carbocycles. The summed E-state index contributed by atoms with van der Waals surface area (Å²) < 4.78 is 5.09. The zero-order chi connectivity index (χ0) is 14.6. The van der Waals surface area contributed by atoms with Crippen LogP contribution in [0.25, 0.3) is 0 Å². The van der Waals surface area contributed by atoms with Crippen molar-refractivity contribution >= 4 is 17.6 Å². The fourth-order valence-corrected chi connectivity index (χ4v) is 1.37. The molecular weight excluding hydrogens is 246 g/mol. The van der Waals surface area contributed by atoms with E-state index in [0.29, 0.717) is 0 Å². The molecule has 0 saturated carbocycles. The minimum absolute atomic E-state index is 0.0695. The molecule has 1 aromatic rings. The number of hydrogen-bond acceptors (Lipinski definition) is 4. The van der Waals surface area contributed by atoms with Gasteiger partial charge < -0.3 is 9.84 Å². The van der Waals surface area contributed by atoms with Crippen LogP contribution in [0.15, 0.2) is 30.9 Å². The van der Waals surface area contributed by atoms with Gasteiger partial charge in [-0.25, -0.2) is 4.79 Å². The highest BCUT2D eigenvalue weighted by molar-refractivity contribution is 6.10. The number of ketones is 1. The van der Waals surface area contributed by atoms with Gasteiger partial charge in [0.05, 0.1) is 5.69 Å². The number of rotatable bonds is 3. The lowest BCUT2D eigenvalue weighted by atomic mass is 10.1. The largest absolute Gasteiger partial charge is 0.508 e. The molecular formula is C14H17NO4. The Morgan fingerprint density at radius 2 is 2.00 bits per heavy atom. The molecule has 0 fully saturated rings. The highest BCUT2D eigenvalue weighted by atomic mass is 16.6. The molecule has 1 rings (SSSR count). The smallest absolute Gasteiger partial charge is 0.412 e. The molecule has 1 aromatic carbocycles. The normalized spacial score (nSPS) is 10.7. The predicted molar refractivity (Wildman–Crippen MR) is 72.5 cm³/mol. The molecule has 0 aromatic heterocycles. The van der Waals surface area contributed by atoms with E-state index in [2.05, 4.69) is 11.9 Å². The van der Waals surface area contributed by atoms with Crippen molar-refractivity contribution in [1.29, 1.82) is 0 Å². The van der Waals surface area contributed by atoms with Gasteiger partial charge in [-0.2, -0.15) is 0 Å². The van der Waals surface area contributed by atoms with Gasteiger partial charge in [-0.1, -0.05) is 6.58 Å². The Morgan fingerprint density at radius 1 is 1.37 bits per heavy atom. The number of phenols is 1. The zero-order valence-corrected chi connectivity index (χ0v) is 11.2.